The molecule has 0 bridgehead atoms. The molecule has 0 saturated carbocycles. The SMILES string of the molecule is CCOc1cc(CNc2ccc(Oc3ccccc3)cc2)cc(Cl)c1OCC(=O)Nc1ccccc1. The summed E-state index contributed by atoms with van der Waals surface area (Å²) in [6, 6.07) is 30.2. The number of nitrogens with one attached hydrogen (secondary N) is 2. The molecule has 0 saturated heterocycles. The maximum atomic E-state index is 12.3. The number of rotatable bonds is 11. The molecule has 0 radical (unpaired) electrons. The van der Waals surface area contributed by atoms with E-state index in [2.05, 4.69) is 10.6 Å². The smallest absolute Gasteiger partial charge is 0.262 e. The summed E-state index contributed by atoms with van der Waals surface area (Å²) in [5, 5.41) is 6.53. The van der Waals surface area contributed by atoms with Crippen LogP contribution in [0.3, 0.4) is 0 Å². The average Bonchev–Trinajstić information content (AvgIpc) is 2.89. The summed E-state index contributed by atoms with van der Waals surface area (Å²) in [6.45, 7) is 2.64. The second-order valence-electron chi connectivity index (χ2n) is 7.83. The summed E-state index contributed by atoms with van der Waals surface area (Å²) in [5.41, 5.74) is 2.54. The summed E-state index contributed by atoms with van der Waals surface area (Å²) in [4.78, 5) is 12.3. The van der Waals surface area contributed by atoms with Crippen molar-refractivity contribution in [3.05, 3.63) is 108 Å². The van der Waals surface area contributed by atoms with Crippen LogP contribution >= 0.6 is 11.6 Å². The molecule has 4 aromatic carbocycles. The molecule has 0 atom stereocenters. The van der Waals surface area contributed by atoms with E-state index in [-0.39, 0.29) is 12.5 Å². The van der Waals surface area contributed by atoms with Crippen molar-refractivity contribution < 1.29 is 19.0 Å². The van der Waals surface area contributed by atoms with E-state index in [1.54, 1.807) is 6.07 Å². The molecule has 0 heterocycles. The minimum atomic E-state index is -0.287. The Balaban J connectivity index is 1.36. The Morgan fingerprint density at radius 3 is 2.17 bits per heavy atom. The number of carbonyl (C=O) groups is 1. The number of ether oxygens (including phenoxy) is 3. The van der Waals surface area contributed by atoms with Gasteiger partial charge in [0.15, 0.2) is 18.1 Å². The van der Waals surface area contributed by atoms with E-state index in [0.29, 0.717) is 35.4 Å². The third-order valence-corrected chi connectivity index (χ3v) is 5.38. The quantitative estimate of drug-likeness (QED) is 0.228. The van der Waals surface area contributed by atoms with Crippen molar-refractivity contribution in [1.82, 2.24) is 0 Å². The molecule has 4 rings (SSSR count). The van der Waals surface area contributed by atoms with Crippen LogP contribution in [0, 0.1) is 0 Å². The molecule has 2 N–H and O–H groups in total. The molecular formula is C29H27ClN2O4. The van der Waals surface area contributed by atoms with E-state index in [1.807, 2.05) is 97.9 Å². The van der Waals surface area contributed by atoms with Gasteiger partial charge in [-0.15, -0.1) is 0 Å². The molecule has 4 aromatic rings. The molecule has 7 heteroatoms. The predicted octanol–water partition coefficient (Wildman–Crippen LogP) is 7.16. The zero-order chi connectivity index (χ0) is 25.2. The third-order valence-electron chi connectivity index (χ3n) is 5.10. The molecule has 0 unspecified atom stereocenters. The first-order chi connectivity index (χ1) is 17.6. The van der Waals surface area contributed by atoms with Gasteiger partial charge in [0.2, 0.25) is 0 Å². The minimum Gasteiger partial charge on any atom is -0.490 e. The van der Waals surface area contributed by atoms with Gasteiger partial charge in [0, 0.05) is 17.9 Å². The van der Waals surface area contributed by atoms with Crippen LogP contribution in [0.2, 0.25) is 5.02 Å². The fourth-order valence-electron chi connectivity index (χ4n) is 3.45. The monoisotopic (exact) mass is 502 g/mol. The van der Waals surface area contributed by atoms with Crippen LogP contribution in [-0.2, 0) is 11.3 Å². The van der Waals surface area contributed by atoms with E-state index < -0.39 is 0 Å². The number of hydrogen-bond donors (Lipinski definition) is 2. The summed E-state index contributed by atoms with van der Waals surface area (Å²) >= 11 is 6.51. The van der Waals surface area contributed by atoms with Crippen molar-refractivity contribution in [3.63, 3.8) is 0 Å². The van der Waals surface area contributed by atoms with Crippen molar-refractivity contribution in [2.75, 3.05) is 23.8 Å². The molecule has 0 aromatic heterocycles. The number of benzene rings is 4. The topological polar surface area (TPSA) is 68.8 Å². The van der Waals surface area contributed by atoms with Gasteiger partial charge in [0.25, 0.3) is 5.91 Å². The Kier molecular flexibility index (Phi) is 8.67. The summed E-state index contributed by atoms with van der Waals surface area (Å²) < 4.78 is 17.3. The predicted molar refractivity (Wildman–Crippen MR) is 143 cm³/mol. The molecule has 0 spiro atoms. The Bertz CT molecular complexity index is 1270. The van der Waals surface area contributed by atoms with Crippen LogP contribution in [0.5, 0.6) is 23.0 Å². The first kappa shape index (κ1) is 24.9. The lowest BCUT2D eigenvalue weighted by molar-refractivity contribution is -0.118. The third kappa shape index (κ3) is 7.17. The first-order valence-corrected chi connectivity index (χ1v) is 12.0. The van der Waals surface area contributed by atoms with Crippen LogP contribution in [0.1, 0.15) is 12.5 Å². The highest BCUT2D eigenvalue weighted by atomic mass is 35.5. The Morgan fingerprint density at radius 2 is 1.47 bits per heavy atom. The molecule has 0 aliphatic heterocycles. The summed E-state index contributed by atoms with van der Waals surface area (Å²) in [5.74, 6) is 2.08. The van der Waals surface area contributed by atoms with E-state index in [0.717, 1.165) is 22.7 Å². The second-order valence-corrected chi connectivity index (χ2v) is 8.24. The fraction of sp³-hybridized carbons (Fsp3) is 0.138. The van der Waals surface area contributed by atoms with Crippen LogP contribution in [0.4, 0.5) is 11.4 Å². The molecule has 0 fully saturated rings. The van der Waals surface area contributed by atoms with E-state index >= 15 is 0 Å². The minimum absolute atomic E-state index is 0.191. The Hall–Kier alpha value is -4.16. The zero-order valence-corrected chi connectivity index (χ0v) is 20.6. The van der Waals surface area contributed by atoms with Crippen LogP contribution < -0.4 is 24.8 Å². The lowest BCUT2D eigenvalue weighted by Crippen LogP contribution is -2.20. The Morgan fingerprint density at radius 1 is 0.806 bits per heavy atom. The lowest BCUT2D eigenvalue weighted by atomic mass is 10.2. The van der Waals surface area contributed by atoms with Gasteiger partial charge in [-0.25, -0.2) is 0 Å². The highest BCUT2D eigenvalue weighted by molar-refractivity contribution is 6.32. The number of hydrogen-bond acceptors (Lipinski definition) is 5. The van der Waals surface area contributed by atoms with Crippen molar-refractivity contribution in [2.45, 2.75) is 13.5 Å². The van der Waals surface area contributed by atoms with E-state index in [1.165, 1.54) is 0 Å². The number of para-hydroxylation sites is 2. The number of halogens is 1. The molecule has 36 heavy (non-hydrogen) atoms. The van der Waals surface area contributed by atoms with Gasteiger partial charge >= 0.3 is 0 Å². The van der Waals surface area contributed by atoms with Crippen molar-refractivity contribution >= 4 is 28.9 Å². The van der Waals surface area contributed by atoms with Gasteiger partial charge in [-0.1, -0.05) is 48.0 Å². The van der Waals surface area contributed by atoms with Gasteiger partial charge in [0.05, 0.1) is 11.6 Å². The number of anilines is 2. The standard InChI is InChI=1S/C29H27ClN2O4/c1-2-34-27-18-21(17-26(30)29(27)35-20-28(33)32-23-9-5-3-6-10-23)19-31-22-13-15-25(16-14-22)36-24-11-7-4-8-12-24/h3-18,31H,2,19-20H2,1H3,(H,32,33). The Labute approximate surface area is 215 Å². The molecule has 0 aliphatic rings. The van der Waals surface area contributed by atoms with Gasteiger partial charge in [0.1, 0.15) is 11.5 Å². The largest absolute Gasteiger partial charge is 0.490 e. The van der Waals surface area contributed by atoms with Crippen LogP contribution in [0.15, 0.2) is 97.1 Å². The zero-order valence-electron chi connectivity index (χ0n) is 19.9. The van der Waals surface area contributed by atoms with Crippen molar-refractivity contribution in [2.24, 2.45) is 0 Å². The average molecular weight is 503 g/mol. The lowest BCUT2D eigenvalue weighted by Gasteiger charge is -2.16. The van der Waals surface area contributed by atoms with E-state index in [4.69, 9.17) is 25.8 Å². The van der Waals surface area contributed by atoms with Crippen molar-refractivity contribution in [1.29, 1.82) is 0 Å². The summed E-state index contributed by atoms with van der Waals surface area (Å²) in [7, 11) is 0. The molecular weight excluding hydrogens is 476 g/mol. The van der Waals surface area contributed by atoms with Gasteiger partial charge in [-0.3, -0.25) is 4.79 Å². The van der Waals surface area contributed by atoms with Gasteiger partial charge in [-0.05, 0) is 73.2 Å². The van der Waals surface area contributed by atoms with Crippen molar-refractivity contribution in [3.8, 4) is 23.0 Å². The van der Waals surface area contributed by atoms with Crippen LogP contribution in [0.25, 0.3) is 0 Å². The van der Waals surface area contributed by atoms with Gasteiger partial charge < -0.3 is 24.8 Å². The molecule has 184 valence electrons. The van der Waals surface area contributed by atoms with E-state index in [9.17, 15) is 4.79 Å². The summed E-state index contributed by atoms with van der Waals surface area (Å²) in [6.07, 6.45) is 0. The first-order valence-electron chi connectivity index (χ1n) is 11.6. The highest BCUT2D eigenvalue weighted by Crippen LogP contribution is 2.37. The highest BCUT2D eigenvalue weighted by Gasteiger charge is 2.15. The number of carbonyl (C=O) groups excluding carboxylic acids is 1. The molecule has 6 nitrogen and oxygen atoms in total. The van der Waals surface area contributed by atoms with Gasteiger partial charge in [-0.2, -0.15) is 0 Å². The molecule has 0 aliphatic carbocycles. The fourth-order valence-corrected chi connectivity index (χ4v) is 3.74. The number of amides is 1. The second kappa shape index (κ2) is 12.5. The normalized spacial score (nSPS) is 10.4. The maximum absolute atomic E-state index is 12.3. The maximum Gasteiger partial charge on any atom is 0.262 e. The van der Waals surface area contributed by atoms with Crippen LogP contribution in [-0.4, -0.2) is 19.1 Å². The molecule has 1 amide bonds.